The van der Waals surface area contributed by atoms with E-state index < -0.39 is 11.7 Å². The molecular weight excluding hydrogens is 445 g/mol. The monoisotopic (exact) mass is 465 g/mol. The maximum atomic E-state index is 14.5. The van der Waals surface area contributed by atoms with E-state index in [1.54, 1.807) is 13.0 Å². The maximum absolute atomic E-state index is 14.5. The molecule has 5 rings (SSSR count). The van der Waals surface area contributed by atoms with Crippen LogP contribution in [0.2, 0.25) is 5.02 Å². The lowest BCUT2D eigenvalue weighted by atomic mass is 10.0. The summed E-state index contributed by atoms with van der Waals surface area (Å²) in [6.45, 7) is 2.48. The molecule has 1 N–H and O–H groups in total. The molecule has 33 heavy (non-hydrogen) atoms. The number of nitrogens with one attached hydrogen (secondary N) is 1. The number of carbonyl (C=O) groups is 1. The molecule has 0 spiro atoms. The zero-order chi connectivity index (χ0) is 22.9. The van der Waals surface area contributed by atoms with Gasteiger partial charge in [0.25, 0.3) is 5.91 Å². The molecule has 4 aromatic rings. The van der Waals surface area contributed by atoms with E-state index in [0.29, 0.717) is 5.69 Å². The molecule has 1 aliphatic heterocycles. The van der Waals surface area contributed by atoms with Crippen molar-refractivity contribution in [1.29, 1.82) is 0 Å². The summed E-state index contributed by atoms with van der Waals surface area (Å²) in [5.74, 6) is 0.979. The predicted octanol–water partition coefficient (Wildman–Crippen LogP) is 5.68. The van der Waals surface area contributed by atoms with Gasteiger partial charge >= 0.3 is 0 Å². The Balaban J connectivity index is 1.46. The molecule has 0 fully saturated rings. The Morgan fingerprint density at radius 3 is 2.85 bits per heavy atom. The second-order valence-corrected chi connectivity index (χ2v) is 8.40. The van der Waals surface area contributed by atoms with Gasteiger partial charge in [0, 0.05) is 24.2 Å². The van der Waals surface area contributed by atoms with Crippen LogP contribution in [0.3, 0.4) is 0 Å². The van der Waals surface area contributed by atoms with Crippen molar-refractivity contribution in [2.24, 2.45) is 0 Å². The van der Waals surface area contributed by atoms with Crippen molar-refractivity contribution in [3.05, 3.63) is 70.5 Å². The molecule has 1 amide bonds. The van der Waals surface area contributed by atoms with Crippen LogP contribution in [0.4, 0.5) is 10.1 Å². The second-order valence-electron chi connectivity index (χ2n) is 8.00. The molecular formula is C24H21ClFN5O2. The van der Waals surface area contributed by atoms with Crippen LogP contribution in [0.5, 0.6) is 0 Å². The number of hydrogen-bond donors (Lipinski definition) is 1. The van der Waals surface area contributed by atoms with Gasteiger partial charge in [-0.1, -0.05) is 41.4 Å². The van der Waals surface area contributed by atoms with Gasteiger partial charge in [0.15, 0.2) is 5.82 Å². The van der Waals surface area contributed by atoms with Crippen molar-refractivity contribution in [3.8, 4) is 22.6 Å². The molecule has 9 heteroatoms. The number of halogens is 2. The summed E-state index contributed by atoms with van der Waals surface area (Å²) >= 11 is 6.19. The number of benzene rings is 2. The first-order chi connectivity index (χ1) is 16.0. The summed E-state index contributed by atoms with van der Waals surface area (Å²) in [4.78, 5) is 13.2. The molecule has 168 valence electrons. The summed E-state index contributed by atoms with van der Waals surface area (Å²) in [5, 5.41) is 15.7. The van der Waals surface area contributed by atoms with Crippen LogP contribution in [0.25, 0.3) is 22.6 Å². The lowest BCUT2D eigenvalue weighted by Gasteiger charge is -2.10. The maximum Gasteiger partial charge on any atom is 0.261 e. The lowest BCUT2D eigenvalue weighted by molar-refractivity contribution is 0.102. The number of amides is 1. The number of fused-ring (bicyclic) bond motifs is 1. The van der Waals surface area contributed by atoms with E-state index in [1.807, 2.05) is 18.2 Å². The van der Waals surface area contributed by atoms with Crippen LogP contribution >= 0.6 is 11.6 Å². The predicted molar refractivity (Wildman–Crippen MR) is 123 cm³/mol. The summed E-state index contributed by atoms with van der Waals surface area (Å²) in [7, 11) is 0. The molecule has 0 saturated carbocycles. The normalized spacial score (nSPS) is 13.4. The molecule has 0 aliphatic carbocycles. The molecule has 1 aliphatic rings. The van der Waals surface area contributed by atoms with Crippen LogP contribution in [0.1, 0.15) is 41.2 Å². The minimum absolute atomic E-state index is 0.0288. The van der Waals surface area contributed by atoms with Gasteiger partial charge < -0.3 is 14.4 Å². The zero-order valence-corrected chi connectivity index (χ0v) is 18.7. The summed E-state index contributed by atoms with van der Waals surface area (Å²) in [5.41, 5.74) is 1.64. The fourth-order valence-corrected chi connectivity index (χ4v) is 4.41. The van der Waals surface area contributed by atoms with Gasteiger partial charge in [-0.3, -0.25) is 4.79 Å². The largest absolute Gasteiger partial charge is 0.360 e. The third kappa shape index (κ3) is 4.02. The first-order valence-corrected chi connectivity index (χ1v) is 11.1. The Hall–Kier alpha value is -3.52. The van der Waals surface area contributed by atoms with E-state index in [9.17, 15) is 9.18 Å². The molecule has 0 saturated heterocycles. The van der Waals surface area contributed by atoms with Crippen molar-refractivity contribution in [3.63, 3.8) is 0 Å². The number of aromatic nitrogens is 4. The van der Waals surface area contributed by atoms with E-state index in [2.05, 4.69) is 25.2 Å². The van der Waals surface area contributed by atoms with Gasteiger partial charge in [0.2, 0.25) is 0 Å². The van der Waals surface area contributed by atoms with Gasteiger partial charge in [-0.05, 0) is 44.0 Å². The number of hydrogen-bond acceptors (Lipinski definition) is 5. The van der Waals surface area contributed by atoms with Crippen molar-refractivity contribution in [2.45, 2.75) is 39.2 Å². The highest BCUT2D eigenvalue weighted by Gasteiger charge is 2.26. The molecule has 2 aromatic carbocycles. The minimum atomic E-state index is -0.584. The van der Waals surface area contributed by atoms with Crippen molar-refractivity contribution >= 4 is 23.2 Å². The van der Waals surface area contributed by atoms with E-state index in [4.69, 9.17) is 16.1 Å². The number of nitrogens with zero attached hydrogens (tertiary/aromatic N) is 4. The Morgan fingerprint density at radius 2 is 2.00 bits per heavy atom. The van der Waals surface area contributed by atoms with Crippen molar-refractivity contribution < 1.29 is 13.7 Å². The molecule has 0 unspecified atom stereocenters. The van der Waals surface area contributed by atoms with Crippen molar-refractivity contribution in [2.75, 3.05) is 5.32 Å². The van der Waals surface area contributed by atoms with Gasteiger partial charge in [-0.25, -0.2) is 4.39 Å². The fraction of sp³-hybridized carbons (Fsp3) is 0.250. The SMILES string of the molecule is Cc1onc(-c2c(F)cccc2Cl)c1C(=O)Nc1cccc(-c2nnc3n2CCCCC3)c1. The topological polar surface area (TPSA) is 85.8 Å². The smallest absolute Gasteiger partial charge is 0.261 e. The quantitative estimate of drug-likeness (QED) is 0.419. The number of rotatable bonds is 4. The van der Waals surface area contributed by atoms with Crippen LogP contribution in [-0.2, 0) is 13.0 Å². The molecule has 3 heterocycles. The minimum Gasteiger partial charge on any atom is -0.360 e. The highest BCUT2D eigenvalue weighted by Crippen LogP contribution is 2.34. The molecule has 0 atom stereocenters. The standard InChI is InChI=1S/C24H21ClFN5O2/c1-14-20(22(30-33-14)21-17(25)9-6-10-18(21)26)24(32)27-16-8-5-7-15(13-16)23-29-28-19-11-3-2-4-12-31(19)23/h5-10,13H,2-4,11-12H2,1H3,(H,27,32). The van der Waals surface area contributed by atoms with Crippen LogP contribution < -0.4 is 5.32 Å². The van der Waals surface area contributed by atoms with Gasteiger partial charge in [0.1, 0.15) is 28.7 Å². The summed E-state index contributed by atoms with van der Waals surface area (Å²) < 4.78 is 21.8. The van der Waals surface area contributed by atoms with E-state index in [1.165, 1.54) is 24.6 Å². The first-order valence-electron chi connectivity index (χ1n) is 10.8. The average molecular weight is 466 g/mol. The Morgan fingerprint density at radius 1 is 1.15 bits per heavy atom. The van der Waals surface area contributed by atoms with E-state index >= 15 is 0 Å². The van der Waals surface area contributed by atoms with Crippen LogP contribution in [0.15, 0.2) is 47.0 Å². The number of anilines is 1. The Kier molecular flexibility index (Phi) is 5.68. The lowest BCUT2D eigenvalue weighted by Crippen LogP contribution is -2.14. The van der Waals surface area contributed by atoms with Crippen LogP contribution in [0, 0.1) is 12.7 Å². The average Bonchev–Trinajstić information content (AvgIpc) is 3.29. The zero-order valence-electron chi connectivity index (χ0n) is 17.9. The third-order valence-corrected chi connectivity index (χ3v) is 6.09. The second kappa shape index (κ2) is 8.78. The third-order valence-electron chi connectivity index (χ3n) is 5.78. The fourth-order valence-electron chi connectivity index (χ4n) is 4.16. The molecule has 2 aromatic heterocycles. The van der Waals surface area contributed by atoms with Gasteiger partial charge in [0.05, 0.1) is 10.6 Å². The van der Waals surface area contributed by atoms with Crippen molar-refractivity contribution in [1.82, 2.24) is 19.9 Å². The first kappa shape index (κ1) is 21.3. The molecule has 0 radical (unpaired) electrons. The molecule has 0 bridgehead atoms. The Bertz CT molecular complexity index is 1330. The highest BCUT2D eigenvalue weighted by molar-refractivity contribution is 6.33. The number of aryl methyl sites for hydroxylation is 2. The number of carbonyl (C=O) groups excluding carboxylic acids is 1. The van der Waals surface area contributed by atoms with Crippen LogP contribution in [-0.4, -0.2) is 25.8 Å². The highest BCUT2D eigenvalue weighted by atomic mass is 35.5. The summed E-state index contributed by atoms with van der Waals surface area (Å²) in [6, 6.07) is 11.7. The molecule has 7 nitrogen and oxygen atoms in total. The van der Waals surface area contributed by atoms with E-state index in [-0.39, 0.29) is 27.6 Å². The van der Waals surface area contributed by atoms with Gasteiger partial charge in [-0.15, -0.1) is 10.2 Å². The Labute approximate surface area is 194 Å². The summed E-state index contributed by atoms with van der Waals surface area (Å²) in [6.07, 6.45) is 4.28. The van der Waals surface area contributed by atoms with E-state index in [0.717, 1.165) is 43.0 Å². The van der Waals surface area contributed by atoms with Gasteiger partial charge in [-0.2, -0.15) is 0 Å².